The summed E-state index contributed by atoms with van der Waals surface area (Å²) < 4.78 is 0. The molecule has 0 aliphatic heterocycles. The fraction of sp³-hybridized carbons (Fsp3) is 0.455. The van der Waals surface area contributed by atoms with Crippen molar-refractivity contribution in [2.45, 2.75) is 26.2 Å². The van der Waals surface area contributed by atoms with Crippen molar-refractivity contribution >= 4 is 0 Å². The summed E-state index contributed by atoms with van der Waals surface area (Å²) in [7, 11) is 0. The zero-order valence-electron chi connectivity index (χ0n) is 8.82. The van der Waals surface area contributed by atoms with E-state index >= 15 is 0 Å². The van der Waals surface area contributed by atoms with Crippen molar-refractivity contribution in [3.63, 3.8) is 0 Å². The van der Waals surface area contributed by atoms with E-state index < -0.39 is 0 Å². The van der Waals surface area contributed by atoms with E-state index in [4.69, 9.17) is 21.5 Å². The summed E-state index contributed by atoms with van der Waals surface area (Å²) in [5, 5.41) is 0. The normalized spacial score (nSPS) is 29.7. The Bertz CT molecular complexity index is 358. The van der Waals surface area contributed by atoms with Crippen LogP contribution in [0.15, 0.2) is 35.3 Å². The van der Waals surface area contributed by atoms with Crippen molar-refractivity contribution in [1.82, 2.24) is 0 Å². The van der Waals surface area contributed by atoms with Gasteiger partial charge >= 0.3 is 0 Å². The van der Waals surface area contributed by atoms with E-state index in [0.717, 1.165) is 30.6 Å². The third kappa shape index (κ3) is 1.46. The first kappa shape index (κ1) is 10.3. The van der Waals surface area contributed by atoms with Crippen LogP contribution in [0.3, 0.4) is 0 Å². The van der Waals surface area contributed by atoms with Gasteiger partial charge in [-0.2, -0.15) is 11.8 Å². The van der Waals surface area contributed by atoms with E-state index in [2.05, 4.69) is 13.0 Å². The highest BCUT2D eigenvalue weighted by Crippen LogP contribution is 2.48. The summed E-state index contributed by atoms with van der Waals surface area (Å²) in [6.45, 7) is 2.10. The standard InChI is InChI=1S/C11H16N2O2/c1-11-7-3-2-4-8(11)9(14-12)5-6-10(11)15-13/h4-6H,2-3,7,12-13H2,1H3. The summed E-state index contributed by atoms with van der Waals surface area (Å²) in [5.74, 6) is 12.0. The molecule has 0 fully saturated rings. The molecule has 0 radical (unpaired) electrons. The average Bonchev–Trinajstić information content (AvgIpc) is 2.26. The summed E-state index contributed by atoms with van der Waals surface area (Å²) >= 11 is 0. The van der Waals surface area contributed by atoms with Crippen molar-refractivity contribution in [2.24, 2.45) is 17.2 Å². The molecule has 2 aliphatic rings. The molecule has 82 valence electrons. The van der Waals surface area contributed by atoms with Gasteiger partial charge in [-0.15, -0.1) is 0 Å². The minimum atomic E-state index is -0.184. The third-order valence-corrected chi connectivity index (χ3v) is 3.27. The predicted octanol–water partition coefficient (Wildman–Crippen LogP) is 1.67. The Kier molecular flexibility index (Phi) is 2.54. The summed E-state index contributed by atoms with van der Waals surface area (Å²) in [6.07, 6.45) is 8.94. The van der Waals surface area contributed by atoms with Crippen molar-refractivity contribution in [1.29, 1.82) is 0 Å². The third-order valence-electron chi connectivity index (χ3n) is 3.27. The lowest BCUT2D eigenvalue weighted by atomic mass is 9.70. The summed E-state index contributed by atoms with van der Waals surface area (Å²) in [6, 6.07) is 0. The molecule has 2 aliphatic carbocycles. The zero-order valence-corrected chi connectivity index (χ0v) is 8.82. The number of rotatable bonds is 2. The maximum absolute atomic E-state index is 5.29. The second kappa shape index (κ2) is 3.72. The zero-order chi connectivity index (χ0) is 10.9. The Labute approximate surface area is 89.1 Å². The van der Waals surface area contributed by atoms with E-state index in [9.17, 15) is 0 Å². The average molecular weight is 208 g/mol. The predicted molar refractivity (Wildman–Crippen MR) is 56.8 cm³/mol. The first-order valence-electron chi connectivity index (χ1n) is 5.09. The molecule has 4 N–H and O–H groups in total. The van der Waals surface area contributed by atoms with Crippen molar-refractivity contribution in [2.75, 3.05) is 0 Å². The molecule has 4 heteroatoms. The number of nitrogens with two attached hydrogens (primary N) is 2. The molecule has 0 spiro atoms. The van der Waals surface area contributed by atoms with E-state index in [1.54, 1.807) is 6.08 Å². The van der Waals surface area contributed by atoms with Crippen molar-refractivity contribution < 1.29 is 9.68 Å². The van der Waals surface area contributed by atoms with Gasteiger partial charge < -0.3 is 9.68 Å². The molecule has 0 aromatic heterocycles. The van der Waals surface area contributed by atoms with Gasteiger partial charge in [0.1, 0.15) is 5.76 Å². The number of hydrogen-bond acceptors (Lipinski definition) is 4. The SMILES string of the molecule is CC12CCCC=C1C(ON)=CC=C2ON. The second-order valence-electron chi connectivity index (χ2n) is 4.14. The second-order valence-corrected chi connectivity index (χ2v) is 4.14. The van der Waals surface area contributed by atoms with Crippen molar-refractivity contribution in [3.8, 4) is 0 Å². The number of hydrogen-bond donors (Lipinski definition) is 2. The van der Waals surface area contributed by atoms with Gasteiger partial charge in [-0.05, 0) is 38.3 Å². The van der Waals surface area contributed by atoms with Gasteiger partial charge in [0.05, 0.1) is 5.41 Å². The van der Waals surface area contributed by atoms with E-state index in [1.165, 1.54) is 0 Å². The highest BCUT2D eigenvalue weighted by Gasteiger charge is 2.40. The fourth-order valence-electron chi connectivity index (χ4n) is 2.39. The van der Waals surface area contributed by atoms with Crippen LogP contribution in [0.1, 0.15) is 26.2 Å². The lowest BCUT2D eigenvalue weighted by Crippen LogP contribution is -2.31. The molecular weight excluding hydrogens is 192 g/mol. The van der Waals surface area contributed by atoms with Crippen LogP contribution < -0.4 is 11.8 Å². The maximum Gasteiger partial charge on any atom is 0.150 e. The van der Waals surface area contributed by atoms with Gasteiger partial charge in [-0.25, -0.2) is 0 Å². The molecule has 2 rings (SSSR count). The monoisotopic (exact) mass is 208 g/mol. The number of allylic oxidation sites excluding steroid dienone is 5. The minimum absolute atomic E-state index is 0.184. The van der Waals surface area contributed by atoms with Gasteiger partial charge in [-0.1, -0.05) is 6.08 Å². The van der Waals surface area contributed by atoms with Crippen LogP contribution in [0.25, 0.3) is 0 Å². The lowest BCUT2D eigenvalue weighted by Gasteiger charge is -2.38. The van der Waals surface area contributed by atoms with Gasteiger partial charge in [-0.3, -0.25) is 0 Å². The fourth-order valence-corrected chi connectivity index (χ4v) is 2.39. The molecule has 0 heterocycles. The van der Waals surface area contributed by atoms with Gasteiger partial charge in [0.25, 0.3) is 0 Å². The molecule has 1 unspecified atom stereocenters. The van der Waals surface area contributed by atoms with Crippen LogP contribution in [-0.4, -0.2) is 0 Å². The minimum Gasteiger partial charge on any atom is -0.415 e. The first-order valence-corrected chi connectivity index (χ1v) is 5.09. The van der Waals surface area contributed by atoms with Crippen LogP contribution >= 0.6 is 0 Å². The molecule has 0 saturated carbocycles. The molecule has 1 atom stereocenters. The molecule has 15 heavy (non-hydrogen) atoms. The molecule has 4 nitrogen and oxygen atoms in total. The van der Waals surface area contributed by atoms with Crippen LogP contribution in [0.5, 0.6) is 0 Å². The van der Waals surface area contributed by atoms with E-state index in [1.807, 2.05) is 6.08 Å². The Hall–Kier alpha value is -1.26. The van der Waals surface area contributed by atoms with Crippen molar-refractivity contribution in [3.05, 3.63) is 35.3 Å². The topological polar surface area (TPSA) is 70.5 Å². The van der Waals surface area contributed by atoms with E-state index in [0.29, 0.717) is 5.76 Å². The first-order chi connectivity index (χ1) is 7.22. The highest BCUT2D eigenvalue weighted by atomic mass is 16.6. The highest BCUT2D eigenvalue weighted by molar-refractivity contribution is 5.45. The van der Waals surface area contributed by atoms with Crippen LogP contribution in [0.2, 0.25) is 0 Å². The molecule has 0 aromatic rings. The Balaban J connectivity index is 2.47. The van der Waals surface area contributed by atoms with E-state index in [-0.39, 0.29) is 5.41 Å². The quantitative estimate of drug-likeness (QED) is 0.677. The van der Waals surface area contributed by atoms with Crippen LogP contribution in [0.4, 0.5) is 0 Å². The smallest absolute Gasteiger partial charge is 0.150 e. The lowest BCUT2D eigenvalue weighted by molar-refractivity contribution is 0.130. The maximum atomic E-state index is 5.29. The van der Waals surface area contributed by atoms with Crippen LogP contribution in [-0.2, 0) is 9.68 Å². The van der Waals surface area contributed by atoms with Gasteiger partial charge in [0.2, 0.25) is 0 Å². The Morgan fingerprint density at radius 1 is 1.27 bits per heavy atom. The van der Waals surface area contributed by atoms with Crippen LogP contribution in [0, 0.1) is 5.41 Å². The molecule has 0 aromatic carbocycles. The largest absolute Gasteiger partial charge is 0.415 e. The molecular formula is C11H16N2O2. The summed E-state index contributed by atoms with van der Waals surface area (Å²) in [5.41, 5.74) is 0.899. The number of fused-ring (bicyclic) bond motifs is 1. The van der Waals surface area contributed by atoms with Gasteiger partial charge in [0.15, 0.2) is 5.76 Å². The Morgan fingerprint density at radius 3 is 2.73 bits per heavy atom. The van der Waals surface area contributed by atoms with Gasteiger partial charge in [0, 0.05) is 5.57 Å². The molecule has 0 amide bonds. The summed E-state index contributed by atoms with van der Waals surface area (Å²) in [4.78, 5) is 9.81. The molecule has 0 bridgehead atoms. The Morgan fingerprint density at radius 2 is 2.07 bits per heavy atom. The molecule has 0 saturated heterocycles.